The Kier molecular flexibility index (Phi) is 3.80. The third kappa shape index (κ3) is 2.65. The summed E-state index contributed by atoms with van der Waals surface area (Å²) in [5.41, 5.74) is 2.67. The van der Waals surface area contributed by atoms with E-state index < -0.39 is 11.6 Å². The zero-order valence-corrected chi connectivity index (χ0v) is 13.7. The fourth-order valence-electron chi connectivity index (χ4n) is 2.86. The highest BCUT2D eigenvalue weighted by molar-refractivity contribution is 5.78. The van der Waals surface area contributed by atoms with Crippen molar-refractivity contribution < 1.29 is 8.78 Å². The smallest absolute Gasteiger partial charge is 0.286 e. The van der Waals surface area contributed by atoms with Gasteiger partial charge in [-0.25, -0.2) is 28.5 Å². The molecule has 1 aromatic carbocycles. The normalized spacial score (nSPS) is 11.2. The molecule has 0 N–H and O–H groups in total. The fourth-order valence-corrected chi connectivity index (χ4v) is 2.86. The number of imidazole rings is 1. The molecular weight excluding hydrogens is 340 g/mol. The molecule has 0 saturated heterocycles. The standard InChI is InChI=1S/C18H13F2N5O/c1-24-17-16(25(18(24)26)9-11-6-21-10-22-7-11)5-13(8-23-17)12-2-3-14(19)15(20)4-12/h2-8,10H,9H2,1H3. The molecule has 3 aromatic heterocycles. The Morgan fingerprint density at radius 2 is 1.77 bits per heavy atom. The van der Waals surface area contributed by atoms with E-state index in [9.17, 15) is 13.6 Å². The SMILES string of the molecule is Cn1c(=O)n(Cc2cncnc2)c2cc(-c3ccc(F)c(F)c3)cnc21. The van der Waals surface area contributed by atoms with Gasteiger partial charge in [0.15, 0.2) is 17.3 Å². The van der Waals surface area contributed by atoms with Crippen LogP contribution in [0.15, 0.2) is 54.0 Å². The summed E-state index contributed by atoms with van der Waals surface area (Å²) in [4.78, 5) is 24.8. The van der Waals surface area contributed by atoms with Crippen molar-refractivity contribution in [2.24, 2.45) is 7.05 Å². The molecule has 8 heteroatoms. The van der Waals surface area contributed by atoms with Crippen LogP contribution >= 0.6 is 0 Å². The predicted molar refractivity (Wildman–Crippen MR) is 91.5 cm³/mol. The van der Waals surface area contributed by atoms with Crippen LogP contribution in [-0.4, -0.2) is 24.1 Å². The lowest BCUT2D eigenvalue weighted by Gasteiger charge is -2.05. The van der Waals surface area contributed by atoms with Gasteiger partial charge in [0.1, 0.15) is 6.33 Å². The minimum atomic E-state index is -0.936. The van der Waals surface area contributed by atoms with Gasteiger partial charge in [-0.05, 0) is 23.8 Å². The number of hydrogen-bond donors (Lipinski definition) is 0. The van der Waals surface area contributed by atoms with Gasteiger partial charge in [0.2, 0.25) is 0 Å². The van der Waals surface area contributed by atoms with Crippen molar-refractivity contribution in [1.82, 2.24) is 24.1 Å². The van der Waals surface area contributed by atoms with Crippen LogP contribution in [0.1, 0.15) is 5.56 Å². The van der Waals surface area contributed by atoms with E-state index >= 15 is 0 Å². The number of aryl methyl sites for hydroxylation is 1. The Morgan fingerprint density at radius 3 is 2.50 bits per heavy atom. The molecule has 0 fully saturated rings. The molecule has 4 rings (SSSR count). The van der Waals surface area contributed by atoms with Crippen LogP contribution in [0.3, 0.4) is 0 Å². The number of benzene rings is 1. The van der Waals surface area contributed by atoms with Crippen LogP contribution in [0.25, 0.3) is 22.3 Å². The molecule has 4 aromatic rings. The maximum absolute atomic E-state index is 13.5. The molecular formula is C18H13F2N5O. The average Bonchev–Trinajstić information content (AvgIpc) is 2.89. The summed E-state index contributed by atoms with van der Waals surface area (Å²) < 4.78 is 29.7. The molecule has 0 bridgehead atoms. The topological polar surface area (TPSA) is 65.6 Å². The van der Waals surface area contributed by atoms with E-state index in [1.54, 1.807) is 30.1 Å². The molecule has 0 unspecified atom stereocenters. The third-order valence-electron chi connectivity index (χ3n) is 4.18. The van der Waals surface area contributed by atoms with Gasteiger partial charge >= 0.3 is 5.69 Å². The second-order valence-electron chi connectivity index (χ2n) is 5.87. The second kappa shape index (κ2) is 6.14. The summed E-state index contributed by atoms with van der Waals surface area (Å²) in [6, 6.07) is 5.38. The van der Waals surface area contributed by atoms with Gasteiger partial charge in [0.25, 0.3) is 0 Å². The van der Waals surface area contributed by atoms with Crippen LogP contribution in [0.2, 0.25) is 0 Å². The van der Waals surface area contributed by atoms with Gasteiger partial charge in [0, 0.05) is 36.8 Å². The Morgan fingerprint density at radius 1 is 1.00 bits per heavy atom. The van der Waals surface area contributed by atoms with Crippen LogP contribution in [0.4, 0.5) is 8.78 Å². The Balaban J connectivity index is 1.88. The molecule has 0 aliphatic rings. The van der Waals surface area contributed by atoms with E-state index in [0.29, 0.717) is 22.3 Å². The van der Waals surface area contributed by atoms with Gasteiger partial charge in [-0.3, -0.25) is 9.13 Å². The summed E-state index contributed by atoms with van der Waals surface area (Å²) in [5, 5.41) is 0. The molecule has 0 radical (unpaired) electrons. The summed E-state index contributed by atoms with van der Waals surface area (Å²) >= 11 is 0. The summed E-state index contributed by atoms with van der Waals surface area (Å²) in [6.45, 7) is 0.278. The first-order valence-corrected chi connectivity index (χ1v) is 7.79. The minimum Gasteiger partial charge on any atom is -0.286 e. The first-order valence-electron chi connectivity index (χ1n) is 7.79. The van der Waals surface area contributed by atoms with E-state index in [2.05, 4.69) is 15.0 Å². The Bertz CT molecular complexity index is 1170. The second-order valence-corrected chi connectivity index (χ2v) is 5.87. The van der Waals surface area contributed by atoms with Gasteiger partial charge in [-0.15, -0.1) is 0 Å². The molecule has 0 aliphatic heterocycles. The maximum Gasteiger partial charge on any atom is 0.330 e. The van der Waals surface area contributed by atoms with Gasteiger partial charge in [-0.1, -0.05) is 6.07 Å². The monoisotopic (exact) mass is 353 g/mol. The molecule has 26 heavy (non-hydrogen) atoms. The van der Waals surface area contributed by atoms with Crippen molar-refractivity contribution in [3.63, 3.8) is 0 Å². The van der Waals surface area contributed by atoms with Crippen molar-refractivity contribution in [1.29, 1.82) is 0 Å². The first-order chi connectivity index (χ1) is 12.5. The lowest BCUT2D eigenvalue weighted by molar-refractivity contribution is 0.509. The molecule has 0 saturated carbocycles. The van der Waals surface area contributed by atoms with Crippen LogP contribution in [0.5, 0.6) is 0 Å². The van der Waals surface area contributed by atoms with E-state index in [0.717, 1.165) is 17.7 Å². The minimum absolute atomic E-state index is 0.237. The first kappa shape index (κ1) is 16.1. The lowest BCUT2D eigenvalue weighted by Crippen LogP contribution is -2.22. The highest BCUT2D eigenvalue weighted by atomic mass is 19.2. The summed E-state index contributed by atoms with van der Waals surface area (Å²) in [6.07, 6.45) is 6.21. The summed E-state index contributed by atoms with van der Waals surface area (Å²) in [5.74, 6) is -1.85. The van der Waals surface area contributed by atoms with Crippen molar-refractivity contribution >= 4 is 11.2 Å². The molecule has 0 amide bonds. The molecule has 0 atom stereocenters. The number of halogens is 2. The number of pyridine rings is 1. The average molecular weight is 353 g/mol. The van der Waals surface area contributed by atoms with Gasteiger partial charge in [-0.2, -0.15) is 0 Å². The number of nitrogens with zero attached hydrogens (tertiary/aromatic N) is 5. The molecule has 3 heterocycles. The number of aromatic nitrogens is 5. The predicted octanol–water partition coefficient (Wildman–Crippen LogP) is 2.52. The third-order valence-corrected chi connectivity index (χ3v) is 4.18. The summed E-state index contributed by atoms with van der Waals surface area (Å²) in [7, 11) is 1.63. The van der Waals surface area contributed by atoms with Crippen molar-refractivity contribution in [3.8, 4) is 11.1 Å². The van der Waals surface area contributed by atoms with Crippen LogP contribution < -0.4 is 5.69 Å². The Labute approximate surface area is 146 Å². The maximum atomic E-state index is 13.5. The number of hydrogen-bond acceptors (Lipinski definition) is 4. The number of fused-ring (bicyclic) bond motifs is 1. The van der Waals surface area contributed by atoms with Gasteiger partial charge < -0.3 is 0 Å². The quantitative estimate of drug-likeness (QED) is 0.568. The van der Waals surface area contributed by atoms with E-state index in [-0.39, 0.29) is 12.2 Å². The van der Waals surface area contributed by atoms with E-state index in [1.165, 1.54) is 23.2 Å². The van der Waals surface area contributed by atoms with E-state index in [1.807, 2.05) is 0 Å². The van der Waals surface area contributed by atoms with Crippen LogP contribution in [0, 0.1) is 11.6 Å². The highest BCUT2D eigenvalue weighted by Gasteiger charge is 2.14. The Hall–Kier alpha value is -3.42. The molecule has 6 nitrogen and oxygen atoms in total. The highest BCUT2D eigenvalue weighted by Crippen LogP contribution is 2.24. The zero-order valence-electron chi connectivity index (χ0n) is 13.7. The van der Waals surface area contributed by atoms with Crippen LogP contribution in [-0.2, 0) is 13.6 Å². The largest absolute Gasteiger partial charge is 0.330 e. The van der Waals surface area contributed by atoms with E-state index in [4.69, 9.17) is 0 Å². The van der Waals surface area contributed by atoms with Crippen molar-refractivity contribution in [2.45, 2.75) is 6.54 Å². The molecule has 0 spiro atoms. The van der Waals surface area contributed by atoms with Gasteiger partial charge in [0.05, 0.1) is 12.1 Å². The fraction of sp³-hybridized carbons (Fsp3) is 0.111. The molecule has 130 valence electrons. The van der Waals surface area contributed by atoms with Crippen molar-refractivity contribution in [2.75, 3.05) is 0 Å². The zero-order chi connectivity index (χ0) is 18.3. The van der Waals surface area contributed by atoms with Crippen molar-refractivity contribution in [3.05, 3.63) is 76.9 Å². The lowest BCUT2D eigenvalue weighted by atomic mass is 10.1. The molecule has 0 aliphatic carbocycles. The number of rotatable bonds is 3.